The third-order valence-corrected chi connectivity index (χ3v) is 4.63. The van der Waals surface area contributed by atoms with Crippen LogP contribution in [-0.2, 0) is 12.4 Å². The van der Waals surface area contributed by atoms with Crippen molar-refractivity contribution in [2.24, 2.45) is 0 Å². The van der Waals surface area contributed by atoms with E-state index in [0.29, 0.717) is 17.1 Å². The van der Waals surface area contributed by atoms with E-state index in [-0.39, 0.29) is 11.4 Å². The van der Waals surface area contributed by atoms with E-state index in [2.05, 4.69) is 15.4 Å². The number of amides is 1. The lowest BCUT2D eigenvalue weighted by atomic mass is 10.1. The lowest BCUT2D eigenvalue weighted by Crippen LogP contribution is -2.18. The second-order valence-corrected chi connectivity index (χ2v) is 6.72. The van der Waals surface area contributed by atoms with Crippen LogP contribution in [0.5, 0.6) is 0 Å². The van der Waals surface area contributed by atoms with Crippen LogP contribution >= 0.6 is 0 Å². The number of anilines is 1. The van der Waals surface area contributed by atoms with Crippen LogP contribution in [0.15, 0.2) is 67.1 Å². The third-order valence-electron chi connectivity index (χ3n) is 4.63. The number of pyridine rings is 1. The van der Waals surface area contributed by atoms with E-state index in [9.17, 15) is 31.1 Å². The summed E-state index contributed by atoms with van der Waals surface area (Å²) >= 11 is 0. The highest BCUT2D eigenvalue weighted by atomic mass is 19.4. The van der Waals surface area contributed by atoms with Crippen molar-refractivity contribution in [3.63, 3.8) is 0 Å². The van der Waals surface area contributed by atoms with E-state index < -0.39 is 35.0 Å². The molecule has 4 aromatic rings. The first-order valence-electron chi connectivity index (χ1n) is 9.02. The highest BCUT2D eigenvalue weighted by molar-refractivity contribution is 6.09. The molecule has 2 aromatic heterocycles. The third kappa shape index (κ3) is 4.01. The fraction of sp³-hybridized carbons (Fsp3) is 0.0952. The standard InChI is InChI=1S/C21H12F6N4O/c22-20(23,24)12-8-13(10-28-9-12)31-18-7-3-6-17(15(18)11-29-31)30-19(32)14-4-1-2-5-16(14)21(25,26)27/h1-11H,(H,30,32). The second-order valence-electron chi connectivity index (χ2n) is 6.72. The molecule has 0 bridgehead atoms. The maximum Gasteiger partial charge on any atom is 0.417 e. The van der Waals surface area contributed by atoms with Gasteiger partial charge in [-0.15, -0.1) is 0 Å². The number of carbonyl (C=O) groups is 1. The van der Waals surface area contributed by atoms with E-state index in [1.165, 1.54) is 41.3 Å². The Morgan fingerprint density at radius 3 is 2.34 bits per heavy atom. The van der Waals surface area contributed by atoms with Crippen molar-refractivity contribution in [1.82, 2.24) is 14.8 Å². The summed E-state index contributed by atoms with van der Waals surface area (Å²) in [6, 6.07) is 9.69. The summed E-state index contributed by atoms with van der Waals surface area (Å²) in [6.07, 6.45) is -6.16. The van der Waals surface area contributed by atoms with Crippen molar-refractivity contribution in [2.75, 3.05) is 5.32 Å². The van der Waals surface area contributed by atoms with E-state index >= 15 is 0 Å². The molecule has 2 aromatic carbocycles. The van der Waals surface area contributed by atoms with Gasteiger partial charge in [0.25, 0.3) is 5.91 Å². The average molecular weight is 450 g/mol. The summed E-state index contributed by atoms with van der Waals surface area (Å²) in [5, 5.41) is 6.81. The van der Waals surface area contributed by atoms with Gasteiger partial charge in [0.1, 0.15) is 0 Å². The zero-order chi connectivity index (χ0) is 23.1. The Kier molecular flexibility index (Phi) is 5.11. The number of alkyl halides is 6. The van der Waals surface area contributed by atoms with Gasteiger partial charge in [-0.3, -0.25) is 9.78 Å². The molecule has 1 N–H and O–H groups in total. The van der Waals surface area contributed by atoms with Crippen molar-refractivity contribution in [3.8, 4) is 5.69 Å². The van der Waals surface area contributed by atoms with Gasteiger partial charge in [0, 0.05) is 11.6 Å². The summed E-state index contributed by atoms with van der Waals surface area (Å²) in [7, 11) is 0. The molecule has 0 saturated heterocycles. The summed E-state index contributed by atoms with van der Waals surface area (Å²) < 4.78 is 79.9. The lowest BCUT2D eigenvalue weighted by molar-refractivity contribution is -0.138. The number of carbonyl (C=O) groups excluding carboxylic acids is 1. The monoisotopic (exact) mass is 450 g/mol. The molecule has 0 spiro atoms. The maximum atomic E-state index is 13.2. The summed E-state index contributed by atoms with van der Waals surface area (Å²) in [5.41, 5.74) is -2.11. The number of nitrogens with one attached hydrogen (secondary N) is 1. The van der Waals surface area contributed by atoms with E-state index in [4.69, 9.17) is 0 Å². The van der Waals surface area contributed by atoms with Crippen LogP contribution in [-0.4, -0.2) is 20.7 Å². The minimum Gasteiger partial charge on any atom is -0.321 e. The first-order valence-corrected chi connectivity index (χ1v) is 9.02. The largest absolute Gasteiger partial charge is 0.417 e. The lowest BCUT2D eigenvalue weighted by Gasteiger charge is -2.13. The van der Waals surface area contributed by atoms with Crippen LogP contribution in [0.2, 0.25) is 0 Å². The van der Waals surface area contributed by atoms with E-state index in [0.717, 1.165) is 18.2 Å². The van der Waals surface area contributed by atoms with Crippen molar-refractivity contribution in [1.29, 1.82) is 0 Å². The van der Waals surface area contributed by atoms with Gasteiger partial charge in [0.2, 0.25) is 0 Å². The Morgan fingerprint density at radius 2 is 1.62 bits per heavy atom. The van der Waals surface area contributed by atoms with Gasteiger partial charge < -0.3 is 5.32 Å². The van der Waals surface area contributed by atoms with Gasteiger partial charge in [-0.05, 0) is 30.3 Å². The fourth-order valence-electron chi connectivity index (χ4n) is 3.18. The molecule has 5 nitrogen and oxygen atoms in total. The minimum absolute atomic E-state index is 0.0284. The molecule has 0 saturated carbocycles. The molecule has 0 aliphatic heterocycles. The Balaban J connectivity index is 1.72. The number of fused-ring (bicyclic) bond motifs is 1. The van der Waals surface area contributed by atoms with Crippen molar-refractivity contribution >= 4 is 22.5 Å². The summed E-state index contributed by atoms with van der Waals surface area (Å²) in [6.45, 7) is 0. The van der Waals surface area contributed by atoms with Crippen LogP contribution in [0.25, 0.3) is 16.6 Å². The number of benzene rings is 2. The molecule has 11 heteroatoms. The van der Waals surface area contributed by atoms with Gasteiger partial charge in [-0.2, -0.15) is 31.4 Å². The smallest absolute Gasteiger partial charge is 0.321 e. The predicted molar refractivity (Wildman–Crippen MR) is 103 cm³/mol. The molecule has 164 valence electrons. The van der Waals surface area contributed by atoms with E-state index in [1.54, 1.807) is 6.07 Å². The highest BCUT2D eigenvalue weighted by Gasteiger charge is 2.35. The van der Waals surface area contributed by atoms with Crippen LogP contribution in [0, 0.1) is 0 Å². The Bertz CT molecular complexity index is 1310. The Hall–Kier alpha value is -3.89. The zero-order valence-corrected chi connectivity index (χ0v) is 15.9. The van der Waals surface area contributed by atoms with Gasteiger partial charge >= 0.3 is 12.4 Å². The molecule has 0 fully saturated rings. The van der Waals surface area contributed by atoms with Gasteiger partial charge in [-0.1, -0.05) is 18.2 Å². The Morgan fingerprint density at radius 1 is 0.875 bits per heavy atom. The topological polar surface area (TPSA) is 59.8 Å². The van der Waals surface area contributed by atoms with Crippen molar-refractivity contribution in [2.45, 2.75) is 12.4 Å². The summed E-state index contributed by atoms with van der Waals surface area (Å²) in [4.78, 5) is 16.2. The van der Waals surface area contributed by atoms with Crippen molar-refractivity contribution in [3.05, 3.63) is 83.8 Å². The number of nitrogens with zero attached hydrogens (tertiary/aromatic N) is 3. The van der Waals surface area contributed by atoms with Crippen LogP contribution in [0.4, 0.5) is 32.0 Å². The molecule has 0 radical (unpaired) electrons. The highest BCUT2D eigenvalue weighted by Crippen LogP contribution is 2.33. The zero-order valence-electron chi connectivity index (χ0n) is 15.9. The van der Waals surface area contributed by atoms with Crippen LogP contribution < -0.4 is 5.32 Å². The fourth-order valence-corrected chi connectivity index (χ4v) is 3.18. The quantitative estimate of drug-likeness (QED) is 0.407. The predicted octanol–water partition coefficient (Wildman–Crippen LogP) is 5.71. The van der Waals surface area contributed by atoms with E-state index in [1.807, 2.05) is 0 Å². The SMILES string of the molecule is O=C(Nc1cccc2c1cnn2-c1cncc(C(F)(F)F)c1)c1ccccc1C(F)(F)F. The van der Waals surface area contributed by atoms with Crippen LogP contribution in [0.1, 0.15) is 21.5 Å². The number of halogens is 6. The molecule has 0 aliphatic carbocycles. The van der Waals surface area contributed by atoms with Gasteiger partial charge in [0.05, 0.1) is 46.0 Å². The van der Waals surface area contributed by atoms with Crippen LogP contribution in [0.3, 0.4) is 0 Å². The molecule has 0 aliphatic rings. The molecular weight excluding hydrogens is 438 g/mol. The first-order chi connectivity index (χ1) is 15.1. The molecule has 0 unspecified atom stereocenters. The maximum absolute atomic E-state index is 13.2. The Labute approximate surface area is 176 Å². The minimum atomic E-state index is -4.72. The first kappa shape index (κ1) is 21.3. The second kappa shape index (κ2) is 7.66. The molecule has 4 rings (SSSR count). The van der Waals surface area contributed by atoms with Crippen molar-refractivity contribution < 1.29 is 31.1 Å². The normalized spacial score (nSPS) is 12.2. The number of hydrogen-bond acceptors (Lipinski definition) is 3. The number of hydrogen-bond donors (Lipinski definition) is 1. The average Bonchev–Trinajstić information content (AvgIpc) is 3.18. The molecule has 32 heavy (non-hydrogen) atoms. The number of rotatable bonds is 3. The number of aromatic nitrogens is 3. The van der Waals surface area contributed by atoms with Gasteiger partial charge in [0.15, 0.2) is 0 Å². The molecule has 2 heterocycles. The van der Waals surface area contributed by atoms with Gasteiger partial charge in [-0.25, -0.2) is 4.68 Å². The molecular formula is C21H12F6N4O. The molecule has 0 atom stereocenters. The molecule has 1 amide bonds. The summed E-state index contributed by atoms with van der Waals surface area (Å²) in [5.74, 6) is -0.987.